The third-order valence-electron chi connectivity index (χ3n) is 4.79. The predicted octanol–water partition coefficient (Wildman–Crippen LogP) is 2.63. The van der Waals surface area contributed by atoms with Gasteiger partial charge in [0.2, 0.25) is 0 Å². The van der Waals surface area contributed by atoms with Crippen LogP contribution in [0, 0.1) is 0 Å². The standard InChI is InChI=1S/C21H26N2O3S/c1-27(25,26)16-18-8-5-9-19(14-18)21(24)22-20-10-12-23(13-11-20)15-17-6-3-2-4-7-17/h2-9,14,20H,10-13,15-16H2,1H3,(H,22,24). The Labute approximate surface area is 161 Å². The Balaban J connectivity index is 1.51. The highest BCUT2D eigenvalue weighted by Crippen LogP contribution is 2.15. The number of nitrogens with one attached hydrogen (secondary N) is 1. The van der Waals surface area contributed by atoms with E-state index in [9.17, 15) is 13.2 Å². The van der Waals surface area contributed by atoms with Crippen molar-refractivity contribution in [3.8, 4) is 0 Å². The number of benzene rings is 2. The second-order valence-electron chi connectivity index (χ2n) is 7.28. The highest BCUT2D eigenvalue weighted by molar-refractivity contribution is 7.89. The second kappa shape index (κ2) is 8.67. The van der Waals surface area contributed by atoms with E-state index < -0.39 is 9.84 Å². The molecule has 27 heavy (non-hydrogen) atoms. The Morgan fingerprint density at radius 2 is 1.70 bits per heavy atom. The summed E-state index contributed by atoms with van der Waals surface area (Å²) in [7, 11) is -3.12. The SMILES string of the molecule is CS(=O)(=O)Cc1cccc(C(=O)NC2CCN(Cc3ccccc3)CC2)c1. The van der Waals surface area contributed by atoms with Crippen LogP contribution in [0.5, 0.6) is 0 Å². The molecule has 1 saturated heterocycles. The Kier molecular flexibility index (Phi) is 6.29. The molecule has 1 amide bonds. The van der Waals surface area contributed by atoms with Crippen molar-refractivity contribution in [3.63, 3.8) is 0 Å². The van der Waals surface area contributed by atoms with Gasteiger partial charge in [-0.2, -0.15) is 0 Å². The summed E-state index contributed by atoms with van der Waals surface area (Å²) >= 11 is 0. The Morgan fingerprint density at radius 3 is 2.37 bits per heavy atom. The van der Waals surface area contributed by atoms with Crippen LogP contribution in [0.15, 0.2) is 54.6 Å². The molecule has 0 radical (unpaired) electrons. The van der Waals surface area contributed by atoms with Gasteiger partial charge in [-0.15, -0.1) is 0 Å². The molecule has 1 aliphatic rings. The molecule has 144 valence electrons. The zero-order valence-corrected chi connectivity index (χ0v) is 16.4. The topological polar surface area (TPSA) is 66.5 Å². The van der Waals surface area contributed by atoms with E-state index in [2.05, 4.69) is 34.5 Å². The van der Waals surface area contributed by atoms with Gasteiger partial charge in [0.1, 0.15) is 0 Å². The van der Waals surface area contributed by atoms with Gasteiger partial charge in [0.05, 0.1) is 5.75 Å². The van der Waals surface area contributed by atoms with Crippen LogP contribution in [0.3, 0.4) is 0 Å². The van der Waals surface area contributed by atoms with E-state index in [1.807, 2.05) is 6.07 Å². The largest absolute Gasteiger partial charge is 0.349 e. The second-order valence-corrected chi connectivity index (χ2v) is 9.42. The van der Waals surface area contributed by atoms with E-state index in [-0.39, 0.29) is 17.7 Å². The first-order valence-corrected chi connectivity index (χ1v) is 11.3. The number of rotatable bonds is 6. The Bertz CT molecular complexity index is 873. The number of carbonyl (C=O) groups excluding carboxylic acids is 1. The zero-order valence-electron chi connectivity index (χ0n) is 15.6. The van der Waals surface area contributed by atoms with Crippen molar-refractivity contribution in [3.05, 3.63) is 71.3 Å². The summed E-state index contributed by atoms with van der Waals surface area (Å²) in [5.74, 6) is -0.182. The van der Waals surface area contributed by atoms with E-state index in [4.69, 9.17) is 0 Å². The third-order valence-corrected chi connectivity index (χ3v) is 5.65. The van der Waals surface area contributed by atoms with Crippen LogP contribution < -0.4 is 5.32 Å². The monoisotopic (exact) mass is 386 g/mol. The molecule has 0 bridgehead atoms. The molecule has 0 atom stereocenters. The molecule has 0 saturated carbocycles. The van der Waals surface area contributed by atoms with Crippen molar-refractivity contribution in [1.82, 2.24) is 10.2 Å². The summed E-state index contributed by atoms with van der Waals surface area (Å²) in [4.78, 5) is 14.9. The molecule has 0 unspecified atom stereocenters. The quantitative estimate of drug-likeness (QED) is 0.829. The molecule has 1 fully saturated rings. The molecule has 1 heterocycles. The van der Waals surface area contributed by atoms with Crippen LogP contribution in [0.1, 0.15) is 34.3 Å². The Morgan fingerprint density at radius 1 is 1.04 bits per heavy atom. The van der Waals surface area contributed by atoms with Crippen molar-refractivity contribution in [2.45, 2.75) is 31.2 Å². The lowest BCUT2D eigenvalue weighted by molar-refractivity contribution is 0.0909. The van der Waals surface area contributed by atoms with E-state index in [0.29, 0.717) is 11.1 Å². The number of sulfone groups is 1. The van der Waals surface area contributed by atoms with Gasteiger partial charge in [-0.25, -0.2) is 8.42 Å². The summed E-state index contributed by atoms with van der Waals surface area (Å²) in [6.45, 7) is 2.84. The fraction of sp³-hybridized carbons (Fsp3) is 0.381. The molecular formula is C21H26N2O3S. The minimum atomic E-state index is -3.12. The van der Waals surface area contributed by atoms with Crippen molar-refractivity contribution >= 4 is 15.7 Å². The first-order chi connectivity index (χ1) is 12.9. The number of likely N-dealkylation sites (tertiary alicyclic amines) is 1. The lowest BCUT2D eigenvalue weighted by Crippen LogP contribution is -2.44. The van der Waals surface area contributed by atoms with Crippen molar-refractivity contribution < 1.29 is 13.2 Å². The van der Waals surface area contributed by atoms with E-state index >= 15 is 0 Å². The minimum Gasteiger partial charge on any atom is -0.349 e. The molecule has 1 N–H and O–H groups in total. The van der Waals surface area contributed by atoms with E-state index in [1.165, 1.54) is 11.8 Å². The summed E-state index contributed by atoms with van der Waals surface area (Å²) in [5, 5.41) is 3.09. The molecule has 3 rings (SSSR count). The lowest BCUT2D eigenvalue weighted by atomic mass is 10.0. The predicted molar refractivity (Wildman–Crippen MR) is 107 cm³/mol. The van der Waals surface area contributed by atoms with Crippen LogP contribution >= 0.6 is 0 Å². The van der Waals surface area contributed by atoms with Crippen LogP contribution in [0.4, 0.5) is 0 Å². The molecule has 0 aliphatic carbocycles. The molecule has 0 spiro atoms. The molecule has 1 aliphatic heterocycles. The molecule has 2 aromatic rings. The average molecular weight is 387 g/mol. The van der Waals surface area contributed by atoms with Crippen molar-refractivity contribution in [1.29, 1.82) is 0 Å². The van der Waals surface area contributed by atoms with Gasteiger partial charge in [-0.3, -0.25) is 9.69 Å². The normalized spacial score (nSPS) is 16.2. The highest BCUT2D eigenvalue weighted by atomic mass is 32.2. The smallest absolute Gasteiger partial charge is 0.251 e. The summed E-state index contributed by atoms with van der Waals surface area (Å²) in [6, 6.07) is 17.4. The van der Waals surface area contributed by atoms with Gasteiger partial charge in [0.25, 0.3) is 5.91 Å². The third kappa shape index (κ3) is 6.19. The molecular weight excluding hydrogens is 360 g/mol. The fourth-order valence-electron chi connectivity index (χ4n) is 3.45. The van der Waals surface area contributed by atoms with Gasteiger partial charge >= 0.3 is 0 Å². The summed E-state index contributed by atoms with van der Waals surface area (Å²) in [6.07, 6.45) is 3.03. The number of hydrogen-bond acceptors (Lipinski definition) is 4. The first kappa shape index (κ1) is 19.6. The minimum absolute atomic E-state index is 0.0496. The maximum absolute atomic E-state index is 12.5. The van der Waals surface area contributed by atoms with Gasteiger partial charge in [-0.1, -0.05) is 42.5 Å². The number of carbonyl (C=O) groups is 1. The van der Waals surface area contributed by atoms with Gasteiger partial charge in [-0.05, 0) is 36.1 Å². The maximum atomic E-state index is 12.5. The van der Waals surface area contributed by atoms with E-state index in [1.54, 1.807) is 24.3 Å². The van der Waals surface area contributed by atoms with Crippen molar-refractivity contribution in [2.24, 2.45) is 0 Å². The molecule has 2 aromatic carbocycles. The van der Waals surface area contributed by atoms with Gasteiger partial charge < -0.3 is 5.32 Å². The van der Waals surface area contributed by atoms with Crippen LogP contribution in [0.25, 0.3) is 0 Å². The Hall–Kier alpha value is -2.18. The van der Waals surface area contributed by atoms with Crippen LogP contribution in [0.2, 0.25) is 0 Å². The summed E-state index contributed by atoms with van der Waals surface area (Å²) < 4.78 is 22.9. The number of nitrogens with zero attached hydrogens (tertiary/aromatic N) is 1. The van der Waals surface area contributed by atoms with Gasteiger partial charge in [0.15, 0.2) is 9.84 Å². The number of hydrogen-bond donors (Lipinski definition) is 1. The summed E-state index contributed by atoms with van der Waals surface area (Å²) in [5.41, 5.74) is 2.47. The fourth-order valence-corrected chi connectivity index (χ4v) is 4.24. The van der Waals surface area contributed by atoms with Crippen LogP contribution in [-0.2, 0) is 22.1 Å². The number of amides is 1. The number of piperidine rings is 1. The van der Waals surface area contributed by atoms with Crippen molar-refractivity contribution in [2.75, 3.05) is 19.3 Å². The first-order valence-electron chi connectivity index (χ1n) is 9.23. The van der Waals surface area contributed by atoms with Gasteiger partial charge in [0, 0.05) is 37.5 Å². The van der Waals surface area contributed by atoms with Crippen LogP contribution in [-0.4, -0.2) is 44.6 Å². The molecule has 0 aromatic heterocycles. The average Bonchev–Trinajstić information content (AvgIpc) is 2.63. The zero-order chi connectivity index (χ0) is 19.3. The molecule has 6 heteroatoms. The van der Waals surface area contributed by atoms with E-state index in [0.717, 1.165) is 32.5 Å². The lowest BCUT2D eigenvalue weighted by Gasteiger charge is -2.32. The molecule has 5 nitrogen and oxygen atoms in total. The highest BCUT2D eigenvalue weighted by Gasteiger charge is 2.21. The maximum Gasteiger partial charge on any atom is 0.251 e.